The van der Waals surface area contributed by atoms with Crippen LogP contribution in [0.15, 0.2) is 36.4 Å². The maximum Gasteiger partial charge on any atom is 0.269 e. The number of benzene rings is 1. The van der Waals surface area contributed by atoms with Crippen molar-refractivity contribution in [3.63, 3.8) is 0 Å². The van der Waals surface area contributed by atoms with Gasteiger partial charge in [-0.3, -0.25) is 4.79 Å². The first-order chi connectivity index (χ1) is 11.5. The fraction of sp³-hybridized carbons (Fsp3) is 0.389. The van der Waals surface area contributed by atoms with E-state index in [-0.39, 0.29) is 5.91 Å². The van der Waals surface area contributed by atoms with Crippen LogP contribution in [0.1, 0.15) is 22.6 Å². The maximum atomic E-state index is 11.9. The van der Waals surface area contributed by atoms with E-state index in [4.69, 9.17) is 11.6 Å². The lowest BCUT2D eigenvalue weighted by Gasteiger charge is -2.20. The number of carbonyl (C=O) groups is 1. The summed E-state index contributed by atoms with van der Waals surface area (Å²) < 4.78 is 0. The van der Waals surface area contributed by atoms with Gasteiger partial charge in [-0.05, 0) is 30.7 Å². The lowest BCUT2D eigenvalue weighted by atomic mass is 10.2. The lowest BCUT2D eigenvalue weighted by molar-refractivity contribution is 0.0822. The minimum atomic E-state index is -0.00740. The van der Waals surface area contributed by atoms with Crippen LogP contribution in [0, 0.1) is 0 Å². The Morgan fingerprint density at radius 3 is 2.88 bits per heavy atom. The molecule has 3 rings (SSSR count). The van der Waals surface area contributed by atoms with Crippen molar-refractivity contribution in [1.82, 2.24) is 15.2 Å². The standard InChI is InChI=1S/C18H23ClN4O/c1-22(2)18(24)16-8-7-13(21-16)11-20-14-9-10-23(12-14)17-6-4-3-5-15(17)19/h3-8,14,20-21H,9-12H2,1-2H3. The van der Waals surface area contributed by atoms with Crippen molar-refractivity contribution < 1.29 is 4.79 Å². The third kappa shape index (κ3) is 3.74. The normalized spacial score (nSPS) is 17.3. The van der Waals surface area contributed by atoms with Crippen LogP contribution in [0.5, 0.6) is 0 Å². The highest BCUT2D eigenvalue weighted by Crippen LogP contribution is 2.28. The molecule has 1 aliphatic rings. The SMILES string of the molecule is CN(C)C(=O)c1ccc(CNC2CCN(c3ccccc3Cl)C2)[nH]1. The number of para-hydroxylation sites is 1. The molecule has 0 bridgehead atoms. The third-order valence-electron chi connectivity index (χ3n) is 4.35. The zero-order valence-electron chi connectivity index (χ0n) is 14.1. The molecule has 1 saturated heterocycles. The first kappa shape index (κ1) is 16.9. The van der Waals surface area contributed by atoms with Gasteiger partial charge in [0.2, 0.25) is 0 Å². The van der Waals surface area contributed by atoms with E-state index in [2.05, 4.69) is 21.3 Å². The molecule has 0 saturated carbocycles. The summed E-state index contributed by atoms with van der Waals surface area (Å²) in [5.74, 6) is -0.00740. The molecule has 1 amide bonds. The summed E-state index contributed by atoms with van der Waals surface area (Å²) in [7, 11) is 3.51. The van der Waals surface area contributed by atoms with Crippen LogP contribution in [0.2, 0.25) is 5.02 Å². The summed E-state index contributed by atoms with van der Waals surface area (Å²) in [5, 5.41) is 4.36. The number of nitrogens with zero attached hydrogens (tertiary/aromatic N) is 2. The second-order valence-corrected chi connectivity index (χ2v) is 6.77. The lowest BCUT2D eigenvalue weighted by Crippen LogP contribution is -2.32. The van der Waals surface area contributed by atoms with E-state index in [0.29, 0.717) is 11.7 Å². The van der Waals surface area contributed by atoms with Crippen molar-refractivity contribution in [2.75, 3.05) is 32.1 Å². The number of carbonyl (C=O) groups excluding carboxylic acids is 1. The molecule has 6 heteroatoms. The van der Waals surface area contributed by atoms with Crippen molar-refractivity contribution in [2.24, 2.45) is 0 Å². The molecule has 1 fully saturated rings. The summed E-state index contributed by atoms with van der Waals surface area (Å²) in [6.07, 6.45) is 1.08. The van der Waals surface area contributed by atoms with Crippen molar-refractivity contribution in [3.8, 4) is 0 Å². The molecule has 0 spiro atoms. The van der Waals surface area contributed by atoms with Crippen LogP contribution < -0.4 is 10.2 Å². The third-order valence-corrected chi connectivity index (χ3v) is 4.67. The average Bonchev–Trinajstić information content (AvgIpc) is 3.22. The molecule has 5 nitrogen and oxygen atoms in total. The van der Waals surface area contributed by atoms with Crippen molar-refractivity contribution >= 4 is 23.2 Å². The molecular formula is C18H23ClN4O. The molecule has 1 aromatic heterocycles. The smallest absolute Gasteiger partial charge is 0.269 e. The van der Waals surface area contributed by atoms with E-state index in [1.807, 2.05) is 30.3 Å². The van der Waals surface area contributed by atoms with Crippen LogP contribution in [-0.2, 0) is 6.54 Å². The largest absolute Gasteiger partial charge is 0.369 e. The van der Waals surface area contributed by atoms with E-state index in [9.17, 15) is 4.79 Å². The number of hydrogen-bond donors (Lipinski definition) is 2. The van der Waals surface area contributed by atoms with Gasteiger partial charge in [0.05, 0.1) is 10.7 Å². The summed E-state index contributed by atoms with van der Waals surface area (Å²) in [4.78, 5) is 19.0. The molecular weight excluding hydrogens is 324 g/mol. The number of H-pyrrole nitrogens is 1. The van der Waals surface area contributed by atoms with Crippen molar-refractivity contribution in [1.29, 1.82) is 0 Å². The van der Waals surface area contributed by atoms with E-state index in [0.717, 1.165) is 42.5 Å². The van der Waals surface area contributed by atoms with Gasteiger partial charge in [0.1, 0.15) is 5.69 Å². The highest BCUT2D eigenvalue weighted by molar-refractivity contribution is 6.33. The number of hydrogen-bond acceptors (Lipinski definition) is 3. The van der Waals surface area contributed by atoms with Crippen LogP contribution >= 0.6 is 11.6 Å². The van der Waals surface area contributed by atoms with Crippen LogP contribution in [0.3, 0.4) is 0 Å². The maximum absolute atomic E-state index is 11.9. The second kappa shape index (κ2) is 7.28. The van der Waals surface area contributed by atoms with Gasteiger partial charge in [0.25, 0.3) is 5.91 Å². The number of aromatic nitrogens is 1. The minimum Gasteiger partial charge on any atom is -0.369 e. The number of nitrogens with one attached hydrogen (secondary N) is 2. The number of rotatable bonds is 5. The molecule has 128 valence electrons. The fourth-order valence-corrected chi connectivity index (χ4v) is 3.27. The van der Waals surface area contributed by atoms with E-state index in [1.54, 1.807) is 19.0 Å². The Morgan fingerprint density at radius 2 is 2.12 bits per heavy atom. The molecule has 0 radical (unpaired) electrons. The van der Waals surface area contributed by atoms with E-state index in [1.165, 1.54) is 0 Å². The molecule has 2 heterocycles. The molecule has 1 atom stereocenters. The number of aromatic amines is 1. The Labute approximate surface area is 147 Å². The number of anilines is 1. The quantitative estimate of drug-likeness (QED) is 0.875. The molecule has 0 aliphatic carbocycles. The Bertz CT molecular complexity index is 713. The van der Waals surface area contributed by atoms with Gasteiger partial charge in [0.15, 0.2) is 0 Å². The molecule has 1 aliphatic heterocycles. The second-order valence-electron chi connectivity index (χ2n) is 6.36. The highest BCUT2D eigenvalue weighted by Gasteiger charge is 2.23. The molecule has 24 heavy (non-hydrogen) atoms. The number of amides is 1. The van der Waals surface area contributed by atoms with Crippen LogP contribution in [0.25, 0.3) is 0 Å². The minimum absolute atomic E-state index is 0.00740. The summed E-state index contributed by atoms with van der Waals surface area (Å²) in [5.41, 5.74) is 2.75. The average molecular weight is 347 g/mol. The molecule has 2 N–H and O–H groups in total. The number of halogens is 1. The summed E-state index contributed by atoms with van der Waals surface area (Å²) >= 11 is 6.28. The molecule has 1 unspecified atom stereocenters. The Morgan fingerprint density at radius 1 is 1.33 bits per heavy atom. The van der Waals surface area contributed by atoms with Crippen LogP contribution in [0.4, 0.5) is 5.69 Å². The van der Waals surface area contributed by atoms with Gasteiger partial charge in [-0.15, -0.1) is 0 Å². The van der Waals surface area contributed by atoms with Crippen molar-refractivity contribution in [2.45, 2.75) is 19.0 Å². The zero-order valence-corrected chi connectivity index (χ0v) is 14.8. The molecule has 1 aromatic carbocycles. The van der Waals surface area contributed by atoms with E-state index < -0.39 is 0 Å². The van der Waals surface area contributed by atoms with E-state index >= 15 is 0 Å². The Balaban J connectivity index is 1.53. The summed E-state index contributed by atoms with van der Waals surface area (Å²) in [6, 6.07) is 12.2. The van der Waals surface area contributed by atoms with Crippen LogP contribution in [-0.4, -0.2) is 49.0 Å². The predicted octanol–water partition coefficient (Wildman–Crippen LogP) is 2.74. The monoisotopic (exact) mass is 346 g/mol. The Hall–Kier alpha value is -1.98. The fourth-order valence-electron chi connectivity index (χ4n) is 3.02. The zero-order chi connectivity index (χ0) is 17.1. The Kier molecular flexibility index (Phi) is 5.11. The van der Waals surface area contributed by atoms with Gasteiger partial charge in [-0.2, -0.15) is 0 Å². The van der Waals surface area contributed by atoms with Gasteiger partial charge in [-0.25, -0.2) is 0 Å². The summed E-state index contributed by atoms with van der Waals surface area (Å²) in [6.45, 7) is 2.66. The van der Waals surface area contributed by atoms with Crippen molar-refractivity contribution in [3.05, 3.63) is 52.8 Å². The first-order valence-electron chi connectivity index (χ1n) is 8.17. The predicted molar refractivity (Wildman–Crippen MR) is 97.7 cm³/mol. The van der Waals surface area contributed by atoms with Gasteiger partial charge >= 0.3 is 0 Å². The molecule has 2 aromatic rings. The van der Waals surface area contributed by atoms with Gasteiger partial charge in [-0.1, -0.05) is 23.7 Å². The topological polar surface area (TPSA) is 51.4 Å². The first-order valence-corrected chi connectivity index (χ1v) is 8.55. The highest BCUT2D eigenvalue weighted by atomic mass is 35.5. The van der Waals surface area contributed by atoms with Gasteiger partial charge in [0, 0.05) is 45.5 Å². The van der Waals surface area contributed by atoms with Gasteiger partial charge < -0.3 is 20.1 Å².